The van der Waals surface area contributed by atoms with Crippen molar-refractivity contribution in [1.82, 2.24) is 0 Å². The lowest BCUT2D eigenvalue weighted by Gasteiger charge is -2.05. The maximum Gasteiger partial charge on any atom is 0.218 e. The first kappa shape index (κ1) is 31.5. The molecule has 0 heterocycles. The molecule has 11 nitrogen and oxygen atoms in total. The van der Waals surface area contributed by atoms with Crippen molar-refractivity contribution in [3.8, 4) is 0 Å². The number of halogens is 2. The van der Waals surface area contributed by atoms with Crippen LogP contribution in [-0.4, -0.2) is 48.6 Å². The van der Waals surface area contributed by atoms with Gasteiger partial charge in [-0.25, -0.2) is 0 Å². The lowest BCUT2D eigenvalue weighted by Crippen LogP contribution is -2.26. The molecule has 0 radical (unpaired) electrons. The Morgan fingerprint density at radius 3 is 1.32 bits per heavy atom. The van der Waals surface area contributed by atoms with E-state index < -0.39 is 0 Å². The van der Waals surface area contributed by atoms with Crippen molar-refractivity contribution in [2.75, 3.05) is 30.3 Å². The Labute approximate surface area is 227 Å². The number of rotatable bonds is 9. The number of anilines is 2. The van der Waals surface area contributed by atoms with Gasteiger partial charge in [0.1, 0.15) is 0 Å². The molecule has 2 aromatic carbocycles. The molecule has 0 atom stereocenters. The van der Waals surface area contributed by atoms with Crippen LogP contribution in [0, 0.1) is 0 Å². The monoisotopic (exact) mass is 550 g/mol. The Kier molecular flexibility index (Phi) is 15.9. The molecule has 0 bridgehead atoms. The van der Waals surface area contributed by atoms with Crippen LogP contribution < -0.4 is 33.6 Å². The molecule has 0 spiro atoms. The van der Waals surface area contributed by atoms with Crippen LogP contribution in [0.3, 0.4) is 0 Å². The number of nitrogens with one attached hydrogen (secondary N) is 2. The van der Waals surface area contributed by atoms with Crippen LogP contribution in [0.5, 0.6) is 0 Å². The van der Waals surface area contributed by atoms with Gasteiger partial charge < -0.3 is 38.7 Å². The third-order valence-electron chi connectivity index (χ3n) is 4.32. The second-order valence-electron chi connectivity index (χ2n) is 7.47. The van der Waals surface area contributed by atoms with Crippen LogP contribution in [-0.2, 0) is 0 Å². The predicted octanol–water partition coefficient (Wildman–Crippen LogP) is 3.34. The molecule has 13 heteroatoms. The van der Waals surface area contributed by atoms with Gasteiger partial charge in [0.15, 0.2) is 0 Å². The number of aliphatic hydroxyl groups is 1. The zero-order valence-electron chi connectivity index (χ0n) is 20.9. The molecular formula is C24H36Cl2N10O. The third-order valence-corrected chi connectivity index (χ3v) is 4.82. The smallest absolute Gasteiger partial charge is 0.218 e. The van der Waals surface area contributed by atoms with Gasteiger partial charge in [0.25, 0.3) is 0 Å². The summed E-state index contributed by atoms with van der Waals surface area (Å²) >= 11 is 11.7. The van der Waals surface area contributed by atoms with Gasteiger partial charge >= 0.3 is 0 Å². The van der Waals surface area contributed by atoms with Crippen LogP contribution in [0.15, 0.2) is 68.5 Å². The number of nitrogens with two attached hydrogens (primary N) is 4. The molecule has 0 fully saturated rings. The van der Waals surface area contributed by atoms with E-state index in [1.165, 1.54) is 0 Å². The van der Waals surface area contributed by atoms with E-state index in [0.29, 0.717) is 23.1 Å². The lowest BCUT2D eigenvalue weighted by atomic mass is 10.2. The molecule has 0 aliphatic rings. The Bertz CT molecular complexity index is 955. The van der Waals surface area contributed by atoms with Gasteiger partial charge in [-0.05, 0) is 68.3 Å². The van der Waals surface area contributed by atoms with Crippen molar-refractivity contribution in [2.45, 2.75) is 32.6 Å². The van der Waals surface area contributed by atoms with Crippen LogP contribution in [0.1, 0.15) is 32.6 Å². The first-order chi connectivity index (χ1) is 17.7. The third kappa shape index (κ3) is 15.9. The van der Waals surface area contributed by atoms with E-state index in [0.717, 1.165) is 37.1 Å². The van der Waals surface area contributed by atoms with Gasteiger partial charge in [0.2, 0.25) is 23.8 Å². The van der Waals surface area contributed by atoms with E-state index in [1.54, 1.807) is 55.5 Å². The summed E-state index contributed by atoms with van der Waals surface area (Å²) in [5, 5.41) is 14.7. The van der Waals surface area contributed by atoms with Crippen molar-refractivity contribution in [2.24, 2.45) is 42.9 Å². The van der Waals surface area contributed by atoms with Gasteiger partial charge in [0.05, 0.1) is 0 Å². The molecule has 202 valence electrons. The normalized spacial score (nSPS) is 12.5. The summed E-state index contributed by atoms with van der Waals surface area (Å²) in [6.45, 7) is 3.05. The van der Waals surface area contributed by atoms with E-state index in [2.05, 4.69) is 30.6 Å². The van der Waals surface area contributed by atoms with Crippen molar-refractivity contribution < 1.29 is 5.11 Å². The molecule has 0 amide bonds. The first-order valence-electron chi connectivity index (χ1n) is 11.7. The molecule has 0 saturated heterocycles. The van der Waals surface area contributed by atoms with Crippen molar-refractivity contribution >= 4 is 58.4 Å². The van der Waals surface area contributed by atoms with E-state index >= 15 is 0 Å². The second kappa shape index (κ2) is 18.7. The topological polar surface area (TPSA) is 198 Å². The summed E-state index contributed by atoms with van der Waals surface area (Å²) in [7, 11) is 0. The fraction of sp³-hybridized carbons (Fsp3) is 0.333. The molecule has 0 aromatic heterocycles. The molecule has 11 N–H and O–H groups in total. The fourth-order valence-electron chi connectivity index (χ4n) is 2.70. The minimum absolute atomic E-state index is 0.124. The van der Waals surface area contributed by atoms with Gasteiger partial charge in [0, 0.05) is 41.1 Å². The van der Waals surface area contributed by atoms with Gasteiger partial charge in [-0.3, -0.25) is 9.98 Å². The lowest BCUT2D eigenvalue weighted by molar-refractivity contribution is 0.318. The summed E-state index contributed by atoms with van der Waals surface area (Å²) in [6, 6.07) is 14.1. The molecular weight excluding hydrogens is 515 g/mol. The van der Waals surface area contributed by atoms with Crippen LogP contribution >= 0.6 is 23.2 Å². The average Bonchev–Trinajstić information content (AvgIpc) is 2.84. The molecule has 0 aliphatic carbocycles. The second-order valence-corrected chi connectivity index (χ2v) is 8.34. The highest BCUT2D eigenvalue weighted by molar-refractivity contribution is 6.31. The Morgan fingerprint density at radius 1 is 0.676 bits per heavy atom. The number of benzene rings is 2. The standard InChI is InChI=1S/C22H30Cl2N10.C2H6O/c23-15-5-9-17(10-6-15)31-21(27)33-19(25)29-13-3-1-2-4-14-30-20(26)34-22(28)32-18-11-7-16(24)8-12-18;1-2-3/h5-12H,1-4,13-14H2,(H5,25,27,29,31,33)(H5,26,28,30,32,34);3H,2H2,1H3. The summed E-state index contributed by atoms with van der Waals surface area (Å²) < 4.78 is 0. The number of guanidine groups is 4. The van der Waals surface area contributed by atoms with Crippen LogP contribution in [0.2, 0.25) is 10.0 Å². The van der Waals surface area contributed by atoms with Gasteiger partial charge in [-0.1, -0.05) is 36.0 Å². The minimum Gasteiger partial charge on any atom is -0.397 e. The molecule has 0 unspecified atom stereocenters. The predicted molar refractivity (Wildman–Crippen MR) is 158 cm³/mol. The van der Waals surface area contributed by atoms with E-state index in [4.69, 9.17) is 51.2 Å². The quantitative estimate of drug-likeness (QED) is 0.141. The van der Waals surface area contributed by atoms with Crippen molar-refractivity contribution in [3.63, 3.8) is 0 Å². The number of aliphatic imine (C=N–C) groups is 4. The maximum atomic E-state index is 7.57. The average molecular weight is 552 g/mol. The number of nitrogens with zero attached hydrogens (tertiary/aromatic N) is 4. The summed E-state index contributed by atoms with van der Waals surface area (Å²) in [5.74, 6) is 0.564. The van der Waals surface area contributed by atoms with E-state index in [9.17, 15) is 0 Å². The van der Waals surface area contributed by atoms with E-state index in [1.807, 2.05) is 0 Å². The summed E-state index contributed by atoms with van der Waals surface area (Å²) in [6.07, 6.45) is 3.68. The summed E-state index contributed by atoms with van der Waals surface area (Å²) in [4.78, 5) is 16.5. The molecule has 0 aliphatic heterocycles. The van der Waals surface area contributed by atoms with Gasteiger partial charge in [-0.15, -0.1) is 0 Å². The molecule has 0 saturated carbocycles. The first-order valence-corrected chi connectivity index (χ1v) is 12.4. The number of hydrogen-bond donors (Lipinski definition) is 7. The Balaban J connectivity index is 0.00000217. The van der Waals surface area contributed by atoms with Gasteiger partial charge in [-0.2, -0.15) is 9.98 Å². The van der Waals surface area contributed by atoms with E-state index in [-0.39, 0.29) is 30.4 Å². The SMILES string of the molecule is CCO.NC(=NCCCCCCN=C(N)N=C(N)Nc1ccc(Cl)cc1)N=C(N)Nc1ccc(Cl)cc1. The largest absolute Gasteiger partial charge is 0.397 e. The Morgan fingerprint density at radius 2 is 1.00 bits per heavy atom. The number of unbranched alkanes of at least 4 members (excludes halogenated alkanes) is 3. The highest BCUT2D eigenvalue weighted by Gasteiger charge is 1.99. The van der Waals surface area contributed by atoms with Crippen molar-refractivity contribution in [1.29, 1.82) is 0 Å². The Hall–Kier alpha value is -3.54. The highest BCUT2D eigenvalue weighted by atomic mass is 35.5. The minimum atomic E-state index is 0.124. The fourth-order valence-corrected chi connectivity index (χ4v) is 2.95. The molecule has 2 aromatic rings. The zero-order valence-corrected chi connectivity index (χ0v) is 22.4. The number of hydrogen-bond acceptors (Lipinski definition) is 3. The van der Waals surface area contributed by atoms with Crippen molar-refractivity contribution in [3.05, 3.63) is 58.6 Å². The molecule has 2 rings (SSSR count). The highest BCUT2D eigenvalue weighted by Crippen LogP contribution is 2.13. The molecule has 37 heavy (non-hydrogen) atoms. The zero-order chi connectivity index (χ0) is 27.5. The van der Waals surface area contributed by atoms with Crippen LogP contribution in [0.25, 0.3) is 0 Å². The number of aliphatic hydroxyl groups excluding tert-OH is 1. The maximum absolute atomic E-state index is 7.57. The summed E-state index contributed by atoms with van der Waals surface area (Å²) in [5.41, 5.74) is 24.8. The van der Waals surface area contributed by atoms with Crippen LogP contribution in [0.4, 0.5) is 11.4 Å².